The molecular formula is C9H11ClN4O. The van der Waals surface area contributed by atoms with E-state index in [-0.39, 0.29) is 12.6 Å². The van der Waals surface area contributed by atoms with Gasteiger partial charge in [-0.3, -0.25) is 0 Å². The van der Waals surface area contributed by atoms with E-state index in [1.807, 2.05) is 11.5 Å². The Kier molecular flexibility index (Phi) is 2.83. The van der Waals surface area contributed by atoms with Crippen molar-refractivity contribution in [3.05, 3.63) is 17.8 Å². The van der Waals surface area contributed by atoms with E-state index in [9.17, 15) is 0 Å². The number of nitrogens with zero attached hydrogens (tertiary/aromatic N) is 4. The summed E-state index contributed by atoms with van der Waals surface area (Å²) in [5.74, 6) is 0. The van der Waals surface area contributed by atoms with Crippen LogP contribution in [0.1, 0.15) is 19.4 Å². The van der Waals surface area contributed by atoms with Crippen molar-refractivity contribution >= 4 is 22.8 Å². The van der Waals surface area contributed by atoms with Crippen LogP contribution >= 0.6 is 11.6 Å². The number of rotatable bonds is 3. The van der Waals surface area contributed by atoms with Gasteiger partial charge in [0.2, 0.25) is 0 Å². The summed E-state index contributed by atoms with van der Waals surface area (Å²) in [6.45, 7) is 2.13. The first-order valence-electron chi connectivity index (χ1n) is 4.68. The van der Waals surface area contributed by atoms with Gasteiger partial charge in [0.05, 0.1) is 6.33 Å². The van der Waals surface area contributed by atoms with E-state index in [0.29, 0.717) is 22.7 Å². The van der Waals surface area contributed by atoms with Crippen LogP contribution in [0.4, 0.5) is 0 Å². The van der Waals surface area contributed by atoms with Crippen LogP contribution < -0.4 is 0 Å². The lowest BCUT2D eigenvalue weighted by molar-refractivity contribution is 0.264. The van der Waals surface area contributed by atoms with Crippen LogP contribution in [-0.4, -0.2) is 31.2 Å². The van der Waals surface area contributed by atoms with Crippen LogP contribution in [0.15, 0.2) is 12.7 Å². The van der Waals surface area contributed by atoms with Crippen LogP contribution in [0.3, 0.4) is 0 Å². The minimum atomic E-state index is 0.139. The maximum atomic E-state index is 8.87. The lowest BCUT2D eigenvalue weighted by Crippen LogP contribution is -2.06. The largest absolute Gasteiger partial charge is 0.396 e. The molecule has 0 fully saturated rings. The van der Waals surface area contributed by atoms with Gasteiger partial charge in [-0.15, -0.1) is 0 Å². The predicted octanol–water partition coefficient (Wildman–Crippen LogP) is 1.42. The number of aliphatic hydroxyl groups excluding tert-OH is 1. The van der Waals surface area contributed by atoms with Crippen molar-refractivity contribution in [1.82, 2.24) is 19.5 Å². The molecule has 0 saturated heterocycles. The second kappa shape index (κ2) is 4.12. The standard InChI is InChI=1S/C9H11ClN4O/c1-6(2-3-15)14-5-13-7-8(10)11-4-12-9(7)14/h4-6,15H,2-3H2,1H3/t6-/m0/s1. The SMILES string of the molecule is C[C@@H](CCO)n1cnc2c(Cl)ncnc21. The van der Waals surface area contributed by atoms with Crippen molar-refractivity contribution in [3.8, 4) is 0 Å². The Hall–Kier alpha value is -1.20. The Morgan fingerprint density at radius 1 is 1.47 bits per heavy atom. The minimum absolute atomic E-state index is 0.139. The Balaban J connectivity index is 2.49. The first-order valence-corrected chi connectivity index (χ1v) is 5.05. The van der Waals surface area contributed by atoms with E-state index in [2.05, 4.69) is 15.0 Å². The van der Waals surface area contributed by atoms with Crippen molar-refractivity contribution in [2.24, 2.45) is 0 Å². The molecule has 2 rings (SSSR count). The molecule has 2 aromatic rings. The van der Waals surface area contributed by atoms with Gasteiger partial charge in [0.1, 0.15) is 11.8 Å². The average Bonchev–Trinajstić information content (AvgIpc) is 2.63. The zero-order chi connectivity index (χ0) is 10.8. The summed E-state index contributed by atoms with van der Waals surface area (Å²) in [5, 5.41) is 9.23. The van der Waals surface area contributed by atoms with Crippen molar-refractivity contribution in [2.45, 2.75) is 19.4 Å². The van der Waals surface area contributed by atoms with Crippen molar-refractivity contribution in [1.29, 1.82) is 0 Å². The molecule has 80 valence electrons. The fourth-order valence-electron chi connectivity index (χ4n) is 1.47. The Bertz CT molecular complexity index is 470. The van der Waals surface area contributed by atoms with Crippen molar-refractivity contribution in [2.75, 3.05) is 6.61 Å². The van der Waals surface area contributed by atoms with Crippen LogP contribution in [0.2, 0.25) is 5.15 Å². The fraction of sp³-hybridized carbons (Fsp3) is 0.444. The molecule has 0 aromatic carbocycles. The summed E-state index contributed by atoms with van der Waals surface area (Å²) in [6, 6.07) is 0.144. The summed E-state index contributed by atoms with van der Waals surface area (Å²) in [4.78, 5) is 12.1. The molecule has 2 aromatic heterocycles. The maximum absolute atomic E-state index is 8.87. The van der Waals surface area contributed by atoms with E-state index >= 15 is 0 Å². The van der Waals surface area contributed by atoms with E-state index in [1.165, 1.54) is 6.33 Å². The molecular weight excluding hydrogens is 216 g/mol. The number of aromatic nitrogens is 4. The fourth-order valence-corrected chi connectivity index (χ4v) is 1.65. The first-order chi connectivity index (χ1) is 7.24. The van der Waals surface area contributed by atoms with Gasteiger partial charge in [-0.1, -0.05) is 11.6 Å². The number of aliphatic hydroxyl groups is 1. The van der Waals surface area contributed by atoms with Gasteiger partial charge in [0.25, 0.3) is 0 Å². The van der Waals surface area contributed by atoms with Crippen molar-refractivity contribution in [3.63, 3.8) is 0 Å². The summed E-state index contributed by atoms with van der Waals surface area (Å²) in [5.41, 5.74) is 1.31. The van der Waals surface area contributed by atoms with Gasteiger partial charge in [-0.25, -0.2) is 15.0 Å². The first kappa shape index (κ1) is 10.3. The summed E-state index contributed by atoms with van der Waals surface area (Å²) in [7, 11) is 0. The van der Waals surface area contributed by atoms with E-state index in [4.69, 9.17) is 16.7 Å². The van der Waals surface area contributed by atoms with E-state index in [0.717, 1.165) is 0 Å². The van der Waals surface area contributed by atoms with Crippen LogP contribution in [0.25, 0.3) is 11.2 Å². The van der Waals surface area contributed by atoms with Crippen LogP contribution in [0, 0.1) is 0 Å². The molecule has 0 spiro atoms. The molecule has 1 N–H and O–H groups in total. The van der Waals surface area contributed by atoms with Gasteiger partial charge in [-0.2, -0.15) is 0 Å². The number of hydrogen-bond donors (Lipinski definition) is 1. The van der Waals surface area contributed by atoms with Crippen LogP contribution in [0.5, 0.6) is 0 Å². The highest BCUT2D eigenvalue weighted by Crippen LogP contribution is 2.21. The third-order valence-corrected chi connectivity index (χ3v) is 2.61. The van der Waals surface area contributed by atoms with Gasteiger partial charge in [0, 0.05) is 12.6 Å². The number of imidazole rings is 1. The molecule has 0 saturated carbocycles. The minimum Gasteiger partial charge on any atom is -0.396 e. The molecule has 0 aliphatic carbocycles. The van der Waals surface area contributed by atoms with Crippen molar-refractivity contribution < 1.29 is 5.11 Å². The molecule has 15 heavy (non-hydrogen) atoms. The molecule has 1 atom stereocenters. The van der Waals surface area contributed by atoms with Gasteiger partial charge in [0.15, 0.2) is 10.8 Å². The maximum Gasteiger partial charge on any atom is 0.165 e. The Morgan fingerprint density at radius 3 is 3.00 bits per heavy atom. The normalized spacial score (nSPS) is 13.3. The second-order valence-electron chi connectivity index (χ2n) is 3.35. The summed E-state index contributed by atoms with van der Waals surface area (Å²) >= 11 is 5.88. The molecule has 6 heteroatoms. The average molecular weight is 227 g/mol. The molecule has 2 heterocycles. The Labute approximate surface area is 91.7 Å². The third-order valence-electron chi connectivity index (χ3n) is 2.34. The summed E-state index contributed by atoms with van der Waals surface area (Å²) in [6.07, 6.45) is 3.74. The molecule has 0 amide bonds. The highest BCUT2D eigenvalue weighted by molar-refractivity contribution is 6.33. The second-order valence-corrected chi connectivity index (χ2v) is 3.71. The monoisotopic (exact) mass is 226 g/mol. The third kappa shape index (κ3) is 1.80. The molecule has 0 unspecified atom stereocenters. The molecule has 0 bridgehead atoms. The smallest absolute Gasteiger partial charge is 0.165 e. The topological polar surface area (TPSA) is 63.8 Å². The number of halogens is 1. The lowest BCUT2D eigenvalue weighted by atomic mass is 10.2. The zero-order valence-corrected chi connectivity index (χ0v) is 9.02. The summed E-state index contributed by atoms with van der Waals surface area (Å²) < 4.78 is 1.89. The highest BCUT2D eigenvalue weighted by atomic mass is 35.5. The lowest BCUT2D eigenvalue weighted by Gasteiger charge is -2.11. The Morgan fingerprint density at radius 2 is 2.27 bits per heavy atom. The molecule has 0 aliphatic rings. The number of hydrogen-bond acceptors (Lipinski definition) is 4. The van der Waals surface area contributed by atoms with Gasteiger partial charge >= 0.3 is 0 Å². The zero-order valence-electron chi connectivity index (χ0n) is 8.26. The molecule has 0 aliphatic heterocycles. The predicted molar refractivity (Wildman–Crippen MR) is 56.7 cm³/mol. The van der Waals surface area contributed by atoms with Gasteiger partial charge in [-0.05, 0) is 13.3 Å². The van der Waals surface area contributed by atoms with Crippen LogP contribution in [-0.2, 0) is 0 Å². The van der Waals surface area contributed by atoms with E-state index < -0.39 is 0 Å². The molecule has 0 radical (unpaired) electrons. The highest BCUT2D eigenvalue weighted by Gasteiger charge is 2.12. The van der Waals surface area contributed by atoms with E-state index in [1.54, 1.807) is 6.33 Å². The number of fused-ring (bicyclic) bond motifs is 1. The van der Waals surface area contributed by atoms with Gasteiger partial charge < -0.3 is 9.67 Å². The quantitative estimate of drug-likeness (QED) is 0.804. The molecule has 5 nitrogen and oxygen atoms in total.